The smallest absolute Gasteiger partial charge is 0.335 e. The molecule has 1 N–H and O–H groups in total. The molecule has 2 rings (SSSR count). The van der Waals surface area contributed by atoms with Crippen molar-refractivity contribution in [2.24, 2.45) is 5.92 Å². The first-order chi connectivity index (χ1) is 6.79. The molecule has 1 unspecified atom stereocenters. The largest absolute Gasteiger partial charge is 0.478 e. The molecular formula is C12H10O2. The molecule has 2 aliphatic rings. The van der Waals surface area contributed by atoms with Crippen molar-refractivity contribution in [3.63, 3.8) is 0 Å². The van der Waals surface area contributed by atoms with E-state index < -0.39 is 5.97 Å². The number of rotatable bonds is 1. The zero-order chi connectivity index (χ0) is 9.97. The average Bonchev–Trinajstić information content (AvgIpc) is 2.47. The van der Waals surface area contributed by atoms with Gasteiger partial charge in [0, 0.05) is 5.92 Å². The first-order valence-corrected chi connectivity index (χ1v) is 4.46. The lowest BCUT2D eigenvalue weighted by Crippen LogP contribution is -2.01. The molecule has 0 saturated heterocycles. The standard InChI is InChI=1S/C12H10O2/c13-12(14)11-8-7-9-5-3-1-2-4-6-10(9)11/h1-9H,(H,13,14)/b2-1-,5-3-,6-4-. The summed E-state index contributed by atoms with van der Waals surface area (Å²) in [6.45, 7) is 0. The quantitative estimate of drug-likeness (QED) is 0.681. The second-order valence-corrected chi connectivity index (χ2v) is 3.19. The first kappa shape index (κ1) is 8.75. The zero-order valence-electron chi connectivity index (χ0n) is 7.55. The van der Waals surface area contributed by atoms with Crippen LogP contribution in [0.25, 0.3) is 0 Å². The fourth-order valence-corrected chi connectivity index (χ4v) is 1.61. The molecule has 0 amide bonds. The third-order valence-corrected chi connectivity index (χ3v) is 2.30. The van der Waals surface area contributed by atoms with Crippen molar-refractivity contribution in [1.82, 2.24) is 0 Å². The van der Waals surface area contributed by atoms with Crippen molar-refractivity contribution in [2.45, 2.75) is 0 Å². The Balaban J connectivity index is 2.47. The maximum absolute atomic E-state index is 10.9. The summed E-state index contributed by atoms with van der Waals surface area (Å²) in [5.74, 6) is -0.747. The van der Waals surface area contributed by atoms with Gasteiger partial charge in [0.15, 0.2) is 0 Å². The minimum atomic E-state index is -0.860. The van der Waals surface area contributed by atoms with E-state index in [4.69, 9.17) is 5.11 Å². The van der Waals surface area contributed by atoms with E-state index in [-0.39, 0.29) is 5.92 Å². The maximum Gasteiger partial charge on any atom is 0.335 e. The molecule has 0 bridgehead atoms. The molecular weight excluding hydrogens is 176 g/mol. The van der Waals surface area contributed by atoms with Crippen molar-refractivity contribution in [2.75, 3.05) is 0 Å². The normalized spacial score (nSPS) is 30.4. The van der Waals surface area contributed by atoms with Gasteiger partial charge in [-0.15, -0.1) is 0 Å². The Hall–Kier alpha value is -1.83. The van der Waals surface area contributed by atoms with Gasteiger partial charge < -0.3 is 5.11 Å². The highest BCUT2D eigenvalue weighted by atomic mass is 16.4. The number of allylic oxidation sites excluding steroid dienone is 8. The van der Waals surface area contributed by atoms with Gasteiger partial charge in [-0.1, -0.05) is 48.6 Å². The third-order valence-electron chi connectivity index (χ3n) is 2.30. The number of carbonyl (C=O) groups is 1. The van der Waals surface area contributed by atoms with E-state index in [9.17, 15) is 4.79 Å². The molecule has 1 atom stereocenters. The lowest BCUT2D eigenvalue weighted by molar-refractivity contribution is -0.132. The van der Waals surface area contributed by atoms with E-state index in [0.717, 1.165) is 5.57 Å². The molecule has 14 heavy (non-hydrogen) atoms. The molecule has 0 radical (unpaired) electrons. The van der Waals surface area contributed by atoms with Gasteiger partial charge in [0.25, 0.3) is 0 Å². The summed E-state index contributed by atoms with van der Waals surface area (Å²) in [6, 6.07) is 0. The molecule has 0 aromatic rings. The van der Waals surface area contributed by atoms with E-state index in [1.54, 1.807) is 6.08 Å². The molecule has 0 aliphatic heterocycles. The minimum Gasteiger partial charge on any atom is -0.478 e. The minimum absolute atomic E-state index is 0.113. The second-order valence-electron chi connectivity index (χ2n) is 3.19. The fraction of sp³-hybridized carbons (Fsp3) is 0.0833. The second kappa shape index (κ2) is 3.50. The molecule has 0 aromatic carbocycles. The van der Waals surface area contributed by atoms with Crippen LogP contribution in [0.5, 0.6) is 0 Å². The Morgan fingerprint density at radius 3 is 2.64 bits per heavy atom. The Kier molecular flexibility index (Phi) is 2.19. The highest BCUT2D eigenvalue weighted by Crippen LogP contribution is 2.28. The zero-order valence-corrected chi connectivity index (χ0v) is 7.55. The Morgan fingerprint density at radius 1 is 1.07 bits per heavy atom. The van der Waals surface area contributed by atoms with Crippen LogP contribution in [-0.4, -0.2) is 11.1 Å². The number of carboxylic acid groups (broad SMARTS) is 1. The van der Waals surface area contributed by atoms with Gasteiger partial charge >= 0.3 is 5.97 Å². The highest BCUT2D eigenvalue weighted by Gasteiger charge is 2.20. The molecule has 0 saturated carbocycles. The molecule has 2 heteroatoms. The van der Waals surface area contributed by atoms with Crippen LogP contribution in [0, 0.1) is 5.92 Å². The molecule has 2 nitrogen and oxygen atoms in total. The van der Waals surface area contributed by atoms with Gasteiger partial charge in [0.1, 0.15) is 0 Å². The predicted molar refractivity (Wildman–Crippen MR) is 54.7 cm³/mol. The van der Waals surface area contributed by atoms with E-state index in [1.807, 2.05) is 42.5 Å². The van der Waals surface area contributed by atoms with Crippen LogP contribution >= 0.6 is 0 Å². The van der Waals surface area contributed by atoms with Crippen LogP contribution in [0.15, 0.2) is 59.8 Å². The van der Waals surface area contributed by atoms with Crippen LogP contribution in [0.1, 0.15) is 0 Å². The predicted octanol–water partition coefficient (Wildman–Crippen LogP) is 2.24. The van der Waals surface area contributed by atoms with Crippen LogP contribution in [0.4, 0.5) is 0 Å². The van der Waals surface area contributed by atoms with Crippen LogP contribution in [0.3, 0.4) is 0 Å². The van der Waals surface area contributed by atoms with Gasteiger partial charge in [-0.2, -0.15) is 0 Å². The van der Waals surface area contributed by atoms with E-state index >= 15 is 0 Å². The SMILES string of the molecule is O=C(O)C1=C2\C=C/C=C\C=C/C2C=C1. The van der Waals surface area contributed by atoms with Crippen molar-refractivity contribution < 1.29 is 9.90 Å². The van der Waals surface area contributed by atoms with Gasteiger partial charge in [0.05, 0.1) is 5.57 Å². The number of fused-ring (bicyclic) bond motifs is 1. The summed E-state index contributed by atoms with van der Waals surface area (Å²) in [4.78, 5) is 10.9. The van der Waals surface area contributed by atoms with Crippen LogP contribution < -0.4 is 0 Å². The fourth-order valence-electron chi connectivity index (χ4n) is 1.61. The van der Waals surface area contributed by atoms with Crippen LogP contribution in [-0.2, 0) is 4.79 Å². The van der Waals surface area contributed by atoms with Crippen molar-refractivity contribution in [1.29, 1.82) is 0 Å². The molecule has 0 fully saturated rings. The van der Waals surface area contributed by atoms with E-state index in [0.29, 0.717) is 5.57 Å². The lowest BCUT2D eigenvalue weighted by atomic mass is 9.98. The monoisotopic (exact) mass is 186 g/mol. The molecule has 70 valence electrons. The van der Waals surface area contributed by atoms with Gasteiger partial charge in [-0.3, -0.25) is 0 Å². The topological polar surface area (TPSA) is 37.3 Å². The van der Waals surface area contributed by atoms with Crippen molar-refractivity contribution >= 4 is 5.97 Å². The first-order valence-electron chi connectivity index (χ1n) is 4.46. The summed E-state index contributed by atoms with van der Waals surface area (Å²) in [5, 5.41) is 8.93. The number of aliphatic carboxylic acids is 1. The summed E-state index contributed by atoms with van der Waals surface area (Å²) < 4.78 is 0. The van der Waals surface area contributed by atoms with E-state index in [2.05, 4.69) is 0 Å². The number of hydrogen-bond donors (Lipinski definition) is 1. The van der Waals surface area contributed by atoms with Gasteiger partial charge in [-0.25, -0.2) is 4.79 Å². The van der Waals surface area contributed by atoms with E-state index in [1.165, 1.54) is 0 Å². The lowest BCUT2D eigenvalue weighted by Gasteiger charge is -2.06. The summed E-state index contributed by atoms with van der Waals surface area (Å²) in [7, 11) is 0. The summed E-state index contributed by atoms with van der Waals surface area (Å²) in [6.07, 6.45) is 15.0. The Labute approximate surface area is 82.2 Å². The molecule has 2 aliphatic carbocycles. The maximum atomic E-state index is 10.9. The Morgan fingerprint density at radius 2 is 1.86 bits per heavy atom. The average molecular weight is 186 g/mol. The van der Waals surface area contributed by atoms with Crippen molar-refractivity contribution in [3.8, 4) is 0 Å². The number of hydrogen-bond acceptors (Lipinski definition) is 1. The van der Waals surface area contributed by atoms with Crippen molar-refractivity contribution in [3.05, 3.63) is 59.8 Å². The van der Waals surface area contributed by atoms with Gasteiger partial charge in [0.2, 0.25) is 0 Å². The highest BCUT2D eigenvalue weighted by molar-refractivity contribution is 5.93. The third kappa shape index (κ3) is 1.46. The Bertz CT molecular complexity index is 406. The number of carboxylic acids is 1. The molecule has 0 heterocycles. The van der Waals surface area contributed by atoms with Crippen LogP contribution in [0.2, 0.25) is 0 Å². The molecule has 0 aromatic heterocycles. The van der Waals surface area contributed by atoms with Gasteiger partial charge in [-0.05, 0) is 5.57 Å². The summed E-state index contributed by atoms with van der Waals surface area (Å²) >= 11 is 0. The molecule has 0 spiro atoms. The summed E-state index contributed by atoms with van der Waals surface area (Å²) in [5.41, 5.74) is 1.25.